The molecule has 1 aromatic heterocycles. The number of nitrogens with one attached hydrogen (secondary N) is 1. The van der Waals surface area contributed by atoms with Gasteiger partial charge in [0.05, 0.1) is 51.5 Å². The summed E-state index contributed by atoms with van der Waals surface area (Å²) in [5.74, 6) is -0.199. The monoisotopic (exact) mass is 444 g/mol. The average Bonchev–Trinajstić information content (AvgIpc) is 3.37. The highest BCUT2D eigenvalue weighted by atomic mass is 16.5. The number of piperidine rings is 1. The largest absolute Gasteiger partial charge is 0.493 e. The van der Waals surface area contributed by atoms with Crippen molar-refractivity contribution < 1.29 is 33.0 Å². The SMILES string of the molecule is COC(=O)CC(NC(=O)C1CCCN(C(=O)c2ccoc2)C1)c1ccc(OC)c(OC)c1. The van der Waals surface area contributed by atoms with Crippen LogP contribution >= 0.6 is 0 Å². The Balaban J connectivity index is 1.74. The zero-order valence-electron chi connectivity index (χ0n) is 18.5. The van der Waals surface area contributed by atoms with Gasteiger partial charge in [-0.25, -0.2) is 0 Å². The number of hydrogen-bond donors (Lipinski definition) is 1. The first-order chi connectivity index (χ1) is 15.5. The summed E-state index contributed by atoms with van der Waals surface area (Å²) in [5, 5.41) is 2.96. The zero-order valence-corrected chi connectivity index (χ0v) is 18.5. The van der Waals surface area contributed by atoms with Crippen LogP contribution in [0.5, 0.6) is 11.5 Å². The molecular weight excluding hydrogens is 416 g/mol. The summed E-state index contributed by atoms with van der Waals surface area (Å²) < 4.78 is 20.4. The Morgan fingerprint density at radius 2 is 1.94 bits per heavy atom. The van der Waals surface area contributed by atoms with Gasteiger partial charge in [0.15, 0.2) is 11.5 Å². The molecule has 1 N–H and O–H groups in total. The lowest BCUT2D eigenvalue weighted by molar-refractivity contribution is -0.141. The molecule has 32 heavy (non-hydrogen) atoms. The van der Waals surface area contributed by atoms with E-state index in [0.717, 1.165) is 0 Å². The van der Waals surface area contributed by atoms with Crippen LogP contribution in [0.3, 0.4) is 0 Å². The smallest absolute Gasteiger partial charge is 0.307 e. The van der Waals surface area contributed by atoms with Crippen molar-refractivity contribution in [3.8, 4) is 11.5 Å². The van der Waals surface area contributed by atoms with E-state index in [1.807, 2.05) is 0 Å². The molecule has 1 aromatic carbocycles. The molecule has 0 radical (unpaired) electrons. The second-order valence-electron chi connectivity index (χ2n) is 7.56. The van der Waals surface area contributed by atoms with Crippen LogP contribution < -0.4 is 14.8 Å². The van der Waals surface area contributed by atoms with Crippen LogP contribution in [0.15, 0.2) is 41.2 Å². The molecule has 9 nitrogen and oxygen atoms in total. The Morgan fingerprint density at radius 1 is 1.16 bits per heavy atom. The van der Waals surface area contributed by atoms with Crippen LogP contribution in [-0.4, -0.2) is 57.1 Å². The number of carbonyl (C=O) groups excluding carboxylic acids is 3. The summed E-state index contributed by atoms with van der Waals surface area (Å²) in [6.45, 7) is 0.877. The van der Waals surface area contributed by atoms with Crippen LogP contribution in [0.1, 0.15) is 41.2 Å². The van der Waals surface area contributed by atoms with Gasteiger partial charge in [-0.3, -0.25) is 14.4 Å². The third-order valence-corrected chi connectivity index (χ3v) is 5.57. The molecule has 2 heterocycles. The highest BCUT2D eigenvalue weighted by Crippen LogP contribution is 2.31. The minimum atomic E-state index is -0.616. The first-order valence-electron chi connectivity index (χ1n) is 10.4. The number of rotatable bonds is 8. The number of furan rings is 1. The van der Waals surface area contributed by atoms with Crippen LogP contribution in [0.25, 0.3) is 0 Å². The second-order valence-corrected chi connectivity index (χ2v) is 7.56. The van der Waals surface area contributed by atoms with Gasteiger partial charge in [-0.2, -0.15) is 0 Å². The third kappa shape index (κ3) is 5.40. The van der Waals surface area contributed by atoms with Crippen molar-refractivity contribution in [1.82, 2.24) is 10.2 Å². The number of hydrogen-bond acceptors (Lipinski definition) is 7. The number of carbonyl (C=O) groups is 3. The van der Waals surface area contributed by atoms with Crippen LogP contribution in [0.4, 0.5) is 0 Å². The number of amides is 2. The van der Waals surface area contributed by atoms with Crippen molar-refractivity contribution >= 4 is 17.8 Å². The molecule has 1 saturated heterocycles. The number of nitrogens with zero attached hydrogens (tertiary/aromatic N) is 1. The molecule has 0 bridgehead atoms. The molecule has 0 saturated carbocycles. The van der Waals surface area contributed by atoms with Crippen molar-refractivity contribution in [2.24, 2.45) is 5.92 Å². The van der Waals surface area contributed by atoms with E-state index in [0.29, 0.717) is 48.6 Å². The predicted octanol–water partition coefficient (Wildman–Crippen LogP) is 2.57. The molecule has 0 spiro atoms. The fourth-order valence-electron chi connectivity index (χ4n) is 3.81. The van der Waals surface area contributed by atoms with Crippen molar-refractivity contribution in [1.29, 1.82) is 0 Å². The Hall–Kier alpha value is -3.49. The minimum absolute atomic E-state index is 0.0396. The quantitative estimate of drug-likeness (QED) is 0.624. The van der Waals surface area contributed by atoms with Crippen molar-refractivity contribution in [3.05, 3.63) is 47.9 Å². The molecule has 1 aliphatic heterocycles. The topological polar surface area (TPSA) is 107 Å². The standard InChI is InChI=1S/C23H28N2O7/c1-29-19-7-6-15(11-20(19)30-2)18(12-21(26)31-3)24-22(27)16-5-4-9-25(13-16)23(28)17-8-10-32-14-17/h6-8,10-11,14,16,18H,4-5,9,12-13H2,1-3H3,(H,24,27). The Labute approximate surface area is 186 Å². The Bertz CT molecular complexity index is 942. The summed E-state index contributed by atoms with van der Waals surface area (Å²) in [4.78, 5) is 39.4. The second kappa shape index (κ2) is 10.7. The Kier molecular flexibility index (Phi) is 7.75. The predicted molar refractivity (Wildman–Crippen MR) is 114 cm³/mol. The highest BCUT2D eigenvalue weighted by molar-refractivity contribution is 5.94. The maximum atomic E-state index is 13.1. The van der Waals surface area contributed by atoms with Crippen molar-refractivity contribution in [2.45, 2.75) is 25.3 Å². The van der Waals surface area contributed by atoms with E-state index in [2.05, 4.69) is 5.32 Å². The molecule has 2 amide bonds. The maximum Gasteiger partial charge on any atom is 0.307 e. The van der Waals surface area contributed by atoms with E-state index < -0.39 is 12.0 Å². The van der Waals surface area contributed by atoms with Crippen molar-refractivity contribution in [2.75, 3.05) is 34.4 Å². The number of methoxy groups -OCH3 is 3. The van der Waals surface area contributed by atoms with E-state index in [9.17, 15) is 14.4 Å². The maximum absolute atomic E-state index is 13.1. The molecule has 1 fully saturated rings. The van der Waals surface area contributed by atoms with Crippen molar-refractivity contribution in [3.63, 3.8) is 0 Å². The van der Waals surface area contributed by atoms with E-state index in [1.165, 1.54) is 33.9 Å². The molecule has 1 aliphatic rings. The van der Waals surface area contributed by atoms with Crippen LogP contribution in [-0.2, 0) is 14.3 Å². The van der Waals surface area contributed by atoms with E-state index in [-0.39, 0.29) is 24.2 Å². The summed E-state index contributed by atoms with van der Waals surface area (Å²) in [5.41, 5.74) is 1.14. The number of likely N-dealkylation sites (tertiary alicyclic amines) is 1. The molecule has 3 rings (SSSR count). The summed E-state index contributed by atoms with van der Waals surface area (Å²) in [6.07, 6.45) is 4.16. The minimum Gasteiger partial charge on any atom is -0.493 e. The van der Waals surface area contributed by atoms with Gasteiger partial charge in [-0.15, -0.1) is 0 Å². The number of benzene rings is 1. The molecule has 0 aliphatic carbocycles. The summed E-state index contributed by atoms with van der Waals surface area (Å²) in [7, 11) is 4.35. The average molecular weight is 444 g/mol. The molecule has 2 atom stereocenters. The van der Waals surface area contributed by atoms with Gasteiger partial charge in [0.2, 0.25) is 5.91 Å². The molecule has 2 unspecified atom stereocenters. The fourth-order valence-corrected chi connectivity index (χ4v) is 3.81. The first-order valence-corrected chi connectivity index (χ1v) is 10.4. The van der Waals surface area contributed by atoms with Gasteiger partial charge in [-0.1, -0.05) is 6.07 Å². The third-order valence-electron chi connectivity index (χ3n) is 5.57. The number of ether oxygens (including phenoxy) is 3. The van der Waals surface area contributed by atoms with Gasteiger partial charge < -0.3 is 28.8 Å². The normalized spacial score (nSPS) is 16.7. The van der Waals surface area contributed by atoms with Gasteiger partial charge >= 0.3 is 5.97 Å². The van der Waals surface area contributed by atoms with E-state index >= 15 is 0 Å². The van der Waals surface area contributed by atoms with Crippen LogP contribution in [0, 0.1) is 5.92 Å². The lowest BCUT2D eigenvalue weighted by atomic mass is 9.95. The summed E-state index contributed by atoms with van der Waals surface area (Å²) in [6, 6.07) is 6.20. The van der Waals surface area contributed by atoms with Crippen LogP contribution in [0.2, 0.25) is 0 Å². The van der Waals surface area contributed by atoms with Gasteiger partial charge in [0.25, 0.3) is 5.91 Å². The lowest BCUT2D eigenvalue weighted by Gasteiger charge is -2.32. The fraction of sp³-hybridized carbons (Fsp3) is 0.435. The molecule has 9 heteroatoms. The summed E-state index contributed by atoms with van der Waals surface area (Å²) >= 11 is 0. The van der Waals surface area contributed by atoms with Gasteiger partial charge in [0.1, 0.15) is 6.26 Å². The first kappa shape index (κ1) is 23.2. The number of esters is 1. The van der Waals surface area contributed by atoms with Gasteiger partial charge in [0, 0.05) is 13.1 Å². The van der Waals surface area contributed by atoms with Gasteiger partial charge in [-0.05, 0) is 36.6 Å². The molecule has 2 aromatic rings. The molecular formula is C23H28N2O7. The lowest BCUT2D eigenvalue weighted by Crippen LogP contribution is -2.46. The molecule has 172 valence electrons. The van der Waals surface area contributed by atoms with E-state index in [1.54, 1.807) is 29.2 Å². The highest BCUT2D eigenvalue weighted by Gasteiger charge is 2.31. The zero-order chi connectivity index (χ0) is 23.1. The van der Waals surface area contributed by atoms with E-state index in [4.69, 9.17) is 18.6 Å². The Morgan fingerprint density at radius 3 is 2.59 bits per heavy atom.